The van der Waals surface area contributed by atoms with Gasteiger partial charge in [0.05, 0.1) is 34.5 Å². The Morgan fingerprint density at radius 1 is 1.14 bits per heavy atom. The van der Waals surface area contributed by atoms with Crippen molar-refractivity contribution in [3.63, 3.8) is 0 Å². The zero-order valence-corrected chi connectivity index (χ0v) is 22.4. The minimum absolute atomic E-state index is 0.311. The molecule has 1 aliphatic rings. The number of rotatable bonds is 4. The average Bonchev–Trinajstić information content (AvgIpc) is 3.20. The molecule has 5 nitrogen and oxygen atoms in total. The van der Waals surface area contributed by atoms with Crippen LogP contribution in [0.15, 0.2) is 42.5 Å². The second kappa shape index (κ2) is 9.85. The summed E-state index contributed by atoms with van der Waals surface area (Å²) in [4.78, 5) is 32.6. The van der Waals surface area contributed by atoms with Gasteiger partial charge in [-0.1, -0.05) is 48.3 Å². The summed E-state index contributed by atoms with van der Waals surface area (Å²) < 4.78 is 5.09. The number of nitrogens with one attached hydrogen (secondary N) is 1. The highest BCUT2D eigenvalue weighted by Crippen LogP contribution is 2.41. The number of hydrogen-bond acceptors (Lipinski definition) is 5. The van der Waals surface area contributed by atoms with Crippen LogP contribution in [-0.2, 0) is 17.6 Å². The molecule has 4 aromatic rings. The van der Waals surface area contributed by atoms with Crippen LogP contribution >= 0.6 is 34.5 Å². The topological polar surface area (TPSA) is 68.3 Å². The zero-order valence-electron chi connectivity index (χ0n) is 20.1. The van der Waals surface area contributed by atoms with E-state index in [1.807, 2.05) is 31.2 Å². The van der Waals surface area contributed by atoms with E-state index >= 15 is 0 Å². The Balaban J connectivity index is 1.64. The molecule has 184 valence electrons. The number of pyridine rings is 1. The van der Waals surface area contributed by atoms with Crippen molar-refractivity contribution in [3.8, 4) is 11.3 Å². The van der Waals surface area contributed by atoms with E-state index < -0.39 is 5.97 Å². The van der Waals surface area contributed by atoms with Crippen LogP contribution in [0.4, 0.5) is 5.00 Å². The molecule has 0 spiro atoms. The van der Waals surface area contributed by atoms with Crippen LogP contribution in [0.3, 0.4) is 0 Å². The maximum absolute atomic E-state index is 13.9. The lowest BCUT2D eigenvalue weighted by Gasteiger charge is -2.18. The Morgan fingerprint density at radius 2 is 1.92 bits per heavy atom. The number of carbonyl (C=O) groups is 2. The minimum atomic E-state index is -0.428. The van der Waals surface area contributed by atoms with Gasteiger partial charge in [0.1, 0.15) is 5.00 Å². The van der Waals surface area contributed by atoms with Gasteiger partial charge in [0.15, 0.2) is 0 Å². The van der Waals surface area contributed by atoms with Crippen molar-refractivity contribution in [3.05, 3.63) is 79.6 Å². The fourth-order valence-electron chi connectivity index (χ4n) is 4.87. The lowest BCUT2D eigenvalue weighted by atomic mass is 9.88. The molecule has 2 aromatic carbocycles. The summed E-state index contributed by atoms with van der Waals surface area (Å²) >= 11 is 14.1. The smallest absolute Gasteiger partial charge is 0.341 e. The predicted octanol–water partition coefficient (Wildman–Crippen LogP) is 7.74. The van der Waals surface area contributed by atoms with E-state index in [-0.39, 0.29) is 5.91 Å². The fourth-order valence-corrected chi connectivity index (χ4v) is 6.76. The lowest BCUT2D eigenvalue weighted by Crippen LogP contribution is -2.17. The number of anilines is 1. The first-order chi connectivity index (χ1) is 17.3. The number of esters is 1. The summed E-state index contributed by atoms with van der Waals surface area (Å²) in [5.74, 6) is -0.209. The SMILES string of the molecule is COC(=O)c1c(NC(=O)c2c(C)c(-c3ccc(Cl)cc3Cl)nc3ccccc23)sc2c1CC[C@H](C)C2. The minimum Gasteiger partial charge on any atom is -0.465 e. The third-order valence-corrected chi connectivity index (χ3v) is 8.40. The number of ether oxygens (including phenoxy) is 1. The molecule has 1 aliphatic carbocycles. The number of benzene rings is 2. The standard InChI is InChI=1S/C28H24Cl2N2O3S/c1-14-8-10-19-22(12-14)36-27(24(19)28(34)35-3)32-26(33)23-15(2)25(17-11-9-16(29)13-20(17)30)31-21-7-5-4-6-18(21)23/h4-7,9,11,13-14H,8,10,12H2,1-3H3,(H,32,33)/t14-/m0/s1. The van der Waals surface area contributed by atoms with Crippen molar-refractivity contribution in [1.82, 2.24) is 4.98 Å². The second-order valence-corrected chi connectivity index (χ2v) is 11.1. The highest BCUT2D eigenvalue weighted by molar-refractivity contribution is 7.17. The van der Waals surface area contributed by atoms with Crippen molar-refractivity contribution in [2.24, 2.45) is 5.92 Å². The van der Waals surface area contributed by atoms with Gasteiger partial charge in [-0.15, -0.1) is 11.3 Å². The fraction of sp³-hybridized carbons (Fsp3) is 0.250. The highest BCUT2D eigenvalue weighted by atomic mass is 35.5. The Morgan fingerprint density at radius 3 is 2.67 bits per heavy atom. The van der Waals surface area contributed by atoms with Crippen LogP contribution in [0, 0.1) is 12.8 Å². The zero-order chi connectivity index (χ0) is 25.6. The molecular weight excluding hydrogens is 515 g/mol. The molecule has 1 amide bonds. The molecule has 1 atom stereocenters. The molecule has 5 rings (SSSR count). The molecule has 2 heterocycles. The maximum Gasteiger partial charge on any atom is 0.341 e. The summed E-state index contributed by atoms with van der Waals surface area (Å²) in [6, 6.07) is 12.7. The van der Waals surface area contributed by atoms with Crippen molar-refractivity contribution >= 4 is 62.3 Å². The van der Waals surface area contributed by atoms with Gasteiger partial charge in [0.25, 0.3) is 5.91 Å². The van der Waals surface area contributed by atoms with E-state index in [1.54, 1.807) is 18.2 Å². The van der Waals surface area contributed by atoms with E-state index in [0.717, 1.165) is 35.1 Å². The first kappa shape index (κ1) is 24.8. The molecule has 8 heteroatoms. The van der Waals surface area contributed by atoms with Crippen LogP contribution in [0.5, 0.6) is 0 Å². The van der Waals surface area contributed by atoms with Gasteiger partial charge in [-0.3, -0.25) is 4.79 Å². The van der Waals surface area contributed by atoms with Crippen molar-refractivity contribution in [2.45, 2.75) is 33.1 Å². The number of carbonyl (C=O) groups excluding carboxylic acids is 2. The van der Waals surface area contributed by atoms with Gasteiger partial charge in [-0.2, -0.15) is 0 Å². The molecule has 0 radical (unpaired) electrons. The number of amides is 1. The lowest BCUT2D eigenvalue weighted by molar-refractivity contribution is 0.0601. The van der Waals surface area contributed by atoms with Crippen molar-refractivity contribution < 1.29 is 14.3 Å². The van der Waals surface area contributed by atoms with Crippen molar-refractivity contribution in [1.29, 1.82) is 0 Å². The van der Waals surface area contributed by atoms with Crippen LogP contribution in [0.25, 0.3) is 22.2 Å². The molecule has 0 unspecified atom stereocenters. The van der Waals surface area contributed by atoms with Crippen LogP contribution in [0.1, 0.15) is 50.1 Å². The number of thiophene rings is 1. The number of halogens is 2. The molecule has 0 saturated carbocycles. The Kier molecular flexibility index (Phi) is 6.77. The van der Waals surface area contributed by atoms with E-state index in [2.05, 4.69) is 12.2 Å². The van der Waals surface area contributed by atoms with Crippen LogP contribution < -0.4 is 5.32 Å². The van der Waals surface area contributed by atoms with Gasteiger partial charge in [-0.25, -0.2) is 9.78 Å². The summed E-state index contributed by atoms with van der Waals surface area (Å²) in [5, 5.41) is 5.26. The first-order valence-corrected chi connectivity index (χ1v) is 13.2. The highest BCUT2D eigenvalue weighted by Gasteiger charge is 2.30. The van der Waals surface area contributed by atoms with Gasteiger partial charge >= 0.3 is 5.97 Å². The number of nitrogens with zero attached hydrogens (tertiary/aromatic N) is 1. The quantitative estimate of drug-likeness (QED) is 0.270. The van der Waals surface area contributed by atoms with Crippen molar-refractivity contribution in [2.75, 3.05) is 12.4 Å². The normalized spacial score (nSPS) is 15.0. The molecule has 1 N–H and O–H groups in total. The van der Waals surface area contributed by atoms with Gasteiger partial charge in [0, 0.05) is 20.8 Å². The number of hydrogen-bond donors (Lipinski definition) is 1. The monoisotopic (exact) mass is 538 g/mol. The summed E-state index contributed by atoms with van der Waals surface area (Å²) in [5.41, 5.74) is 4.59. The molecule has 2 aromatic heterocycles. The summed E-state index contributed by atoms with van der Waals surface area (Å²) in [6.45, 7) is 4.06. The van der Waals surface area contributed by atoms with E-state index in [1.165, 1.54) is 18.4 Å². The third kappa shape index (κ3) is 4.38. The summed E-state index contributed by atoms with van der Waals surface area (Å²) in [7, 11) is 1.37. The predicted molar refractivity (Wildman–Crippen MR) is 147 cm³/mol. The van der Waals surface area contributed by atoms with Gasteiger partial charge < -0.3 is 10.1 Å². The number of aromatic nitrogens is 1. The Hall–Kier alpha value is -2.93. The van der Waals surface area contributed by atoms with E-state index in [4.69, 9.17) is 32.9 Å². The number of para-hydroxylation sites is 1. The second-order valence-electron chi connectivity index (χ2n) is 9.10. The molecule has 0 fully saturated rings. The van der Waals surface area contributed by atoms with Gasteiger partial charge in [0.2, 0.25) is 0 Å². The van der Waals surface area contributed by atoms with Crippen LogP contribution in [0.2, 0.25) is 10.0 Å². The first-order valence-electron chi connectivity index (χ1n) is 11.7. The summed E-state index contributed by atoms with van der Waals surface area (Å²) in [6.07, 6.45) is 2.68. The molecule has 36 heavy (non-hydrogen) atoms. The third-order valence-electron chi connectivity index (χ3n) is 6.68. The molecule has 0 bridgehead atoms. The Bertz CT molecular complexity index is 1530. The average molecular weight is 539 g/mol. The Labute approximate surface area is 223 Å². The van der Waals surface area contributed by atoms with Gasteiger partial charge in [-0.05, 0) is 67.5 Å². The number of fused-ring (bicyclic) bond motifs is 2. The van der Waals surface area contributed by atoms with E-state index in [9.17, 15) is 9.59 Å². The number of methoxy groups -OCH3 is 1. The van der Waals surface area contributed by atoms with Crippen LogP contribution in [-0.4, -0.2) is 24.0 Å². The van der Waals surface area contributed by atoms with E-state index in [0.29, 0.717) is 54.4 Å². The molecule has 0 saturated heterocycles. The molecular formula is C28H24Cl2N2O3S. The maximum atomic E-state index is 13.9. The molecule has 0 aliphatic heterocycles. The largest absolute Gasteiger partial charge is 0.465 e.